The summed E-state index contributed by atoms with van der Waals surface area (Å²) in [6.45, 7) is 1.90. The van der Waals surface area contributed by atoms with Gasteiger partial charge in [0.15, 0.2) is 0 Å². The average molecular weight is 282 g/mol. The summed E-state index contributed by atoms with van der Waals surface area (Å²) in [4.78, 5) is 4.40. The van der Waals surface area contributed by atoms with Crippen LogP contribution in [0.2, 0.25) is 0 Å². The van der Waals surface area contributed by atoms with E-state index in [0.717, 1.165) is 11.3 Å². The van der Waals surface area contributed by atoms with Gasteiger partial charge in [0, 0.05) is 22.4 Å². The molecule has 0 unspecified atom stereocenters. The molecule has 0 spiro atoms. The maximum Gasteiger partial charge on any atom is 0.261 e. The predicted molar refractivity (Wildman–Crippen MR) is 72.1 cm³/mol. The summed E-state index contributed by atoms with van der Waals surface area (Å²) in [5, 5.41) is 0. The Morgan fingerprint density at radius 1 is 1.17 bits per heavy atom. The van der Waals surface area contributed by atoms with Crippen LogP contribution in [-0.4, -0.2) is 13.4 Å². The van der Waals surface area contributed by atoms with E-state index in [1.165, 1.54) is 6.07 Å². The first kappa shape index (κ1) is 13.1. The first-order valence-electron chi connectivity index (χ1n) is 5.52. The second-order valence-electron chi connectivity index (χ2n) is 3.79. The molecule has 0 fully saturated rings. The Bertz CT molecular complexity index is 654. The fourth-order valence-electron chi connectivity index (χ4n) is 1.92. The third kappa shape index (κ3) is 2.54. The van der Waals surface area contributed by atoms with Gasteiger partial charge in [-0.25, -0.2) is 8.42 Å². The van der Waals surface area contributed by atoms with Gasteiger partial charge in [0.2, 0.25) is 0 Å². The van der Waals surface area contributed by atoms with Crippen LogP contribution in [0.25, 0.3) is 11.3 Å². The van der Waals surface area contributed by atoms with E-state index >= 15 is 0 Å². The van der Waals surface area contributed by atoms with Crippen LogP contribution in [0, 0.1) is 0 Å². The summed E-state index contributed by atoms with van der Waals surface area (Å²) in [6.07, 6.45) is 2.25. The molecule has 0 amide bonds. The van der Waals surface area contributed by atoms with Gasteiger partial charge in [0.05, 0.1) is 10.6 Å². The van der Waals surface area contributed by atoms with Gasteiger partial charge in [0.1, 0.15) is 0 Å². The van der Waals surface area contributed by atoms with E-state index in [-0.39, 0.29) is 4.90 Å². The Balaban J connectivity index is 2.71. The molecule has 0 radical (unpaired) electrons. The van der Waals surface area contributed by atoms with Crippen LogP contribution in [0.5, 0.6) is 0 Å². The van der Waals surface area contributed by atoms with E-state index in [1.807, 2.05) is 31.2 Å². The molecule has 2 rings (SSSR count). The quantitative estimate of drug-likeness (QED) is 0.812. The van der Waals surface area contributed by atoms with Crippen molar-refractivity contribution in [2.75, 3.05) is 0 Å². The van der Waals surface area contributed by atoms with E-state index in [0.29, 0.717) is 12.0 Å². The smallest absolute Gasteiger partial charge is 0.256 e. The molecule has 94 valence electrons. The Kier molecular flexibility index (Phi) is 3.68. The summed E-state index contributed by atoms with van der Waals surface area (Å²) in [5.41, 5.74) is 2.25. The lowest BCUT2D eigenvalue weighted by molar-refractivity contribution is 0.608. The zero-order valence-corrected chi connectivity index (χ0v) is 11.4. The Morgan fingerprint density at radius 3 is 2.50 bits per heavy atom. The van der Waals surface area contributed by atoms with Gasteiger partial charge in [-0.05, 0) is 30.2 Å². The first-order valence-corrected chi connectivity index (χ1v) is 7.83. The van der Waals surface area contributed by atoms with Gasteiger partial charge < -0.3 is 0 Å². The molecular formula is C13H12ClNO2S. The molecule has 1 aromatic heterocycles. The van der Waals surface area contributed by atoms with Gasteiger partial charge in [-0.15, -0.1) is 0 Å². The lowest BCUT2D eigenvalue weighted by Gasteiger charge is -2.10. The number of rotatable bonds is 3. The Morgan fingerprint density at radius 2 is 1.94 bits per heavy atom. The van der Waals surface area contributed by atoms with Crippen molar-refractivity contribution in [2.45, 2.75) is 18.2 Å². The molecule has 0 saturated heterocycles. The first-order chi connectivity index (χ1) is 8.54. The van der Waals surface area contributed by atoms with Crippen LogP contribution >= 0.6 is 10.7 Å². The van der Waals surface area contributed by atoms with Gasteiger partial charge in [0.25, 0.3) is 9.05 Å². The largest absolute Gasteiger partial charge is 0.261 e. The fraction of sp³-hybridized carbons (Fsp3) is 0.154. The summed E-state index contributed by atoms with van der Waals surface area (Å²) in [6, 6.07) is 10.6. The van der Waals surface area contributed by atoms with Gasteiger partial charge >= 0.3 is 0 Å². The fourth-order valence-corrected chi connectivity index (χ4v) is 3.14. The van der Waals surface area contributed by atoms with Crippen molar-refractivity contribution in [2.24, 2.45) is 0 Å². The van der Waals surface area contributed by atoms with Crippen molar-refractivity contribution in [3.05, 3.63) is 48.2 Å². The molecule has 1 aromatic carbocycles. The van der Waals surface area contributed by atoms with Crippen molar-refractivity contribution in [1.29, 1.82) is 0 Å². The number of aromatic nitrogens is 1. The lowest BCUT2D eigenvalue weighted by atomic mass is 10.0. The summed E-state index contributed by atoms with van der Waals surface area (Å²) in [5.74, 6) is 0. The maximum atomic E-state index is 11.5. The molecule has 0 saturated carbocycles. The normalized spacial score (nSPS) is 11.4. The molecule has 2 aromatic rings. The average Bonchev–Trinajstić information content (AvgIpc) is 2.37. The van der Waals surface area contributed by atoms with Crippen LogP contribution < -0.4 is 0 Å². The van der Waals surface area contributed by atoms with Crippen molar-refractivity contribution >= 4 is 19.7 Å². The molecule has 0 aliphatic heterocycles. The molecule has 0 aliphatic rings. The van der Waals surface area contributed by atoms with Gasteiger partial charge in [-0.2, -0.15) is 0 Å². The number of benzene rings is 1. The van der Waals surface area contributed by atoms with E-state index in [4.69, 9.17) is 10.7 Å². The standard InChI is InChI=1S/C13H12ClNO2S/c1-2-10-11(12-7-3-4-9-15-12)6-5-8-13(10)18(14,16)17/h3-9H,2H2,1H3. The van der Waals surface area contributed by atoms with Crippen molar-refractivity contribution in [3.63, 3.8) is 0 Å². The van der Waals surface area contributed by atoms with Crippen LogP contribution in [-0.2, 0) is 15.5 Å². The number of halogens is 1. The Labute approximate surface area is 111 Å². The van der Waals surface area contributed by atoms with Gasteiger partial charge in [-0.3, -0.25) is 4.98 Å². The van der Waals surface area contributed by atoms with E-state index < -0.39 is 9.05 Å². The number of nitrogens with zero attached hydrogens (tertiary/aromatic N) is 1. The molecular weight excluding hydrogens is 270 g/mol. The third-order valence-electron chi connectivity index (χ3n) is 2.69. The molecule has 18 heavy (non-hydrogen) atoms. The van der Waals surface area contributed by atoms with Crippen molar-refractivity contribution < 1.29 is 8.42 Å². The monoisotopic (exact) mass is 281 g/mol. The molecule has 5 heteroatoms. The van der Waals surface area contributed by atoms with E-state index in [9.17, 15) is 8.42 Å². The summed E-state index contributed by atoms with van der Waals surface area (Å²) >= 11 is 0. The predicted octanol–water partition coefficient (Wildman–Crippen LogP) is 3.24. The van der Waals surface area contributed by atoms with E-state index in [2.05, 4.69) is 4.98 Å². The number of pyridine rings is 1. The highest BCUT2D eigenvalue weighted by molar-refractivity contribution is 8.13. The Hall–Kier alpha value is -1.39. The molecule has 0 aliphatic carbocycles. The van der Waals surface area contributed by atoms with Crippen molar-refractivity contribution in [1.82, 2.24) is 4.98 Å². The minimum atomic E-state index is -3.73. The number of hydrogen-bond acceptors (Lipinski definition) is 3. The van der Waals surface area contributed by atoms with Crippen LogP contribution in [0.4, 0.5) is 0 Å². The highest BCUT2D eigenvalue weighted by Crippen LogP contribution is 2.29. The summed E-state index contributed by atoms with van der Waals surface area (Å²) < 4.78 is 23.1. The highest BCUT2D eigenvalue weighted by atomic mass is 35.7. The topological polar surface area (TPSA) is 47.0 Å². The molecule has 1 heterocycles. The molecule has 3 nitrogen and oxygen atoms in total. The highest BCUT2D eigenvalue weighted by Gasteiger charge is 2.18. The van der Waals surface area contributed by atoms with Crippen LogP contribution in [0.3, 0.4) is 0 Å². The second kappa shape index (κ2) is 5.08. The minimum Gasteiger partial charge on any atom is -0.256 e. The summed E-state index contributed by atoms with van der Waals surface area (Å²) in [7, 11) is 1.72. The van der Waals surface area contributed by atoms with Crippen molar-refractivity contribution in [3.8, 4) is 11.3 Å². The van der Waals surface area contributed by atoms with Crippen LogP contribution in [0.1, 0.15) is 12.5 Å². The SMILES string of the molecule is CCc1c(-c2ccccn2)cccc1S(=O)(=O)Cl. The van der Waals surface area contributed by atoms with Crippen LogP contribution in [0.15, 0.2) is 47.5 Å². The van der Waals surface area contributed by atoms with Gasteiger partial charge in [-0.1, -0.05) is 25.1 Å². The minimum absolute atomic E-state index is 0.162. The lowest BCUT2D eigenvalue weighted by Crippen LogP contribution is -2.00. The zero-order valence-electron chi connectivity index (χ0n) is 9.80. The molecule has 0 bridgehead atoms. The second-order valence-corrected chi connectivity index (χ2v) is 6.32. The zero-order chi connectivity index (χ0) is 13.2. The number of hydrogen-bond donors (Lipinski definition) is 0. The van der Waals surface area contributed by atoms with E-state index in [1.54, 1.807) is 12.3 Å². The maximum absolute atomic E-state index is 11.5. The molecule has 0 N–H and O–H groups in total. The third-order valence-corrected chi connectivity index (χ3v) is 4.10. The molecule has 0 atom stereocenters.